The SMILES string of the molecule is O[C@@H](COc1ccc(C23CC(C(F)(F)[C@](O)(Cn4cncn4)c4cc(F)ccc4F)(C2)C3)cc1)C(F)(F)F. The number of nitrogens with zero attached hydrogens (tertiary/aromatic N) is 3. The molecule has 1 heterocycles. The van der Waals surface area contributed by atoms with E-state index < -0.39 is 65.0 Å². The predicted molar refractivity (Wildman–Crippen MR) is 117 cm³/mol. The minimum absolute atomic E-state index is 0.0589. The molecule has 3 saturated carbocycles. The van der Waals surface area contributed by atoms with Gasteiger partial charge in [0.1, 0.15) is 36.6 Å². The number of hydrogen-bond acceptors (Lipinski definition) is 5. The summed E-state index contributed by atoms with van der Waals surface area (Å²) in [4.78, 5) is 3.67. The van der Waals surface area contributed by atoms with Crippen molar-refractivity contribution in [3.8, 4) is 5.75 Å². The highest BCUT2D eigenvalue weighted by molar-refractivity contribution is 5.44. The molecule has 6 nitrogen and oxygen atoms in total. The first-order chi connectivity index (χ1) is 17.7. The Balaban J connectivity index is 1.36. The minimum Gasteiger partial charge on any atom is -0.491 e. The number of aliphatic hydroxyl groups excluding tert-OH is 1. The predicted octanol–water partition coefficient (Wildman–Crippen LogP) is 4.50. The molecule has 2 N–H and O–H groups in total. The molecule has 3 aliphatic carbocycles. The van der Waals surface area contributed by atoms with Crippen LogP contribution in [0.1, 0.15) is 30.4 Å². The maximum absolute atomic E-state index is 16.2. The van der Waals surface area contributed by atoms with Gasteiger partial charge in [0.05, 0.1) is 6.54 Å². The van der Waals surface area contributed by atoms with Crippen molar-refractivity contribution in [3.05, 3.63) is 77.9 Å². The highest BCUT2D eigenvalue weighted by atomic mass is 19.4. The van der Waals surface area contributed by atoms with Crippen LogP contribution in [0.25, 0.3) is 0 Å². The lowest BCUT2D eigenvalue weighted by molar-refractivity contribution is -0.347. The summed E-state index contributed by atoms with van der Waals surface area (Å²) in [5.74, 6) is -6.03. The van der Waals surface area contributed by atoms with Crippen LogP contribution < -0.4 is 4.74 Å². The minimum atomic E-state index is -4.82. The monoisotopic (exact) mass is 545 g/mol. The van der Waals surface area contributed by atoms with Crippen LogP contribution in [0.2, 0.25) is 0 Å². The summed E-state index contributed by atoms with van der Waals surface area (Å²) in [5, 5.41) is 24.2. The topological polar surface area (TPSA) is 80.4 Å². The zero-order valence-corrected chi connectivity index (χ0v) is 19.6. The molecule has 2 aromatic carbocycles. The molecule has 38 heavy (non-hydrogen) atoms. The van der Waals surface area contributed by atoms with Gasteiger partial charge in [0.25, 0.3) is 5.92 Å². The fourth-order valence-corrected chi connectivity index (χ4v) is 5.76. The van der Waals surface area contributed by atoms with Crippen LogP contribution in [-0.4, -0.2) is 49.8 Å². The molecule has 0 unspecified atom stereocenters. The van der Waals surface area contributed by atoms with E-state index in [1.165, 1.54) is 12.1 Å². The summed E-state index contributed by atoms with van der Waals surface area (Å²) in [6.07, 6.45) is -5.51. The summed E-state index contributed by atoms with van der Waals surface area (Å²) in [7, 11) is 0. The van der Waals surface area contributed by atoms with Gasteiger partial charge in [0.2, 0.25) is 0 Å². The van der Waals surface area contributed by atoms with E-state index in [1.807, 2.05) is 0 Å². The normalized spacial score (nSPS) is 25.2. The van der Waals surface area contributed by atoms with Gasteiger partial charge in [-0.25, -0.2) is 27.2 Å². The first-order valence-corrected chi connectivity index (χ1v) is 11.6. The number of halogens is 7. The molecule has 0 spiro atoms. The van der Waals surface area contributed by atoms with Gasteiger partial charge in [-0.2, -0.15) is 18.3 Å². The van der Waals surface area contributed by atoms with Gasteiger partial charge >= 0.3 is 6.18 Å². The summed E-state index contributed by atoms with van der Waals surface area (Å²) in [6, 6.07) is 7.85. The van der Waals surface area contributed by atoms with E-state index in [4.69, 9.17) is 9.84 Å². The zero-order valence-electron chi connectivity index (χ0n) is 19.6. The lowest BCUT2D eigenvalue weighted by atomic mass is 9.30. The number of benzene rings is 2. The van der Waals surface area contributed by atoms with Crippen LogP contribution in [0.4, 0.5) is 30.7 Å². The second-order valence-corrected chi connectivity index (χ2v) is 10.1. The Bertz CT molecular complexity index is 1290. The van der Waals surface area contributed by atoms with Gasteiger partial charge in [0, 0.05) is 11.0 Å². The fraction of sp³-hybridized carbons (Fsp3) is 0.440. The average Bonchev–Trinajstić information content (AvgIpc) is 3.30. The van der Waals surface area contributed by atoms with Gasteiger partial charge in [0.15, 0.2) is 11.7 Å². The highest BCUT2D eigenvalue weighted by Crippen LogP contribution is 2.80. The van der Waals surface area contributed by atoms with Gasteiger partial charge in [-0.1, -0.05) is 12.1 Å². The molecule has 0 aliphatic heterocycles. The fourth-order valence-electron chi connectivity index (χ4n) is 5.76. The van der Waals surface area contributed by atoms with Crippen LogP contribution in [0.15, 0.2) is 55.1 Å². The van der Waals surface area contributed by atoms with Crippen LogP contribution in [0.3, 0.4) is 0 Å². The van der Waals surface area contributed by atoms with Gasteiger partial charge in [-0.15, -0.1) is 0 Å². The molecule has 3 aromatic rings. The lowest BCUT2D eigenvalue weighted by Gasteiger charge is -2.74. The standard InChI is InChI=1S/C25H22F7N3O3/c26-16-3-6-19(27)18(7-16)23(37,12-35-14-33-13-34-35)25(31,32)22-9-21(10-22,11-22)15-1-4-17(5-2-15)38-8-20(36)24(28,29)30/h1-7,13-14,20,36-37H,8-12H2/t20-,21?,22?,23-/m0/s1. The van der Waals surface area contributed by atoms with E-state index in [9.17, 15) is 27.1 Å². The van der Waals surface area contributed by atoms with Crippen molar-refractivity contribution in [1.29, 1.82) is 0 Å². The Morgan fingerprint density at radius 3 is 2.24 bits per heavy atom. The van der Waals surface area contributed by atoms with E-state index in [1.54, 1.807) is 12.1 Å². The van der Waals surface area contributed by atoms with Crippen molar-refractivity contribution in [2.45, 2.75) is 55.0 Å². The molecule has 6 rings (SSSR count). The molecular weight excluding hydrogens is 523 g/mol. The number of ether oxygens (including phenoxy) is 1. The van der Waals surface area contributed by atoms with E-state index >= 15 is 8.78 Å². The maximum atomic E-state index is 16.2. The third kappa shape index (κ3) is 4.03. The molecule has 13 heteroatoms. The molecular formula is C25H22F7N3O3. The van der Waals surface area contributed by atoms with Gasteiger partial charge in [-0.3, -0.25) is 0 Å². The van der Waals surface area contributed by atoms with Crippen molar-refractivity contribution in [1.82, 2.24) is 14.8 Å². The zero-order chi connectivity index (χ0) is 27.6. The Morgan fingerprint density at radius 2 is 1.66 bits per heavy atom. The van der Waals surface area contributed by atoms with E-state index in [2.05, 4.69) is 10.1 Å². The Kier molecular flexibility index (Phi) is 6.02. The van der Waals surface area contributed by atoms with Crippen molar-refractivity contribution in [2.75, 3.05) is 6.61 Å². The third-order valence-electron chi connectivity index (χ3n) is 7.70. The van der Waals surface area contributed by atoms with Crippen molar-refractivity contribution in [2.24, 2.45) is 5.41 Å². The summed E-state index contributed by atoms with van der Waals surface area (Å²) < 4.78 is 104. The number of aromatic nitrogens is 3. The Morgan fingerprint density at radius 1 is 1.00 bits per heavy atom. The second-order valence-electron chi connectivity index (χ2n) is 10.1. The number of aliphatic hydroxyl groups is 2. The number of hydrogen-bond donors (Lipinski definition) is 2. The van der Waals surface area contributed by atoms with E-state index in [0.717, 1.165) is 23.4 Å². The quantitative estimate of drug-likeness (QED) is 0.387. The maximum Gasteiger partial charge on any atom is 0.417 e. The van der Waals surface area contributed by atoms with Crippen LogP contribution in [0, 0.1) is 17.0 Å². The van der Waals surface area contributed by atoms with E-state index in [0.29, 0.717) is 17.7 Å². The summed E-state index contributed by atoms with van der Waals surface area (Å²) >= 11 is 0. The first-order valence-electron chi connectivity index (χ1n) is 11.6. The van der Waals surface area contributed by atoms with Gasteiger partial charge in [-0.05, 0) is 60.6 Å². The lowest BCUT2D eigenvalue weighted by Crippen LogP contribution is -2.76. The molecule has 0 radical (unpaired) electrons. The smallest absolute Gasteiger partial charge is 0.417 e. The number of alkyl halides is 5. The second kappa shape index (κ2) is 8.67. The van der Waals surface area contributed by atoms with Crippen molar-refractivity contribution in [3.63, 3.8) is 0 Å². The molecule has 3 aliphatic rings. The molecule has 0 saturated heterocycles. The molecule has 204 valence electrons. The molecule has 1 aromatic heterocycles. The summed E-state index contributed by atoms with van der Waals surface area (Å²) in [6.45, 7) is -1.87. The number of rotatable bonds is 9. The molecule has 2 bridgehead atoms. The van der Waals surface area contributed by atoms with Crippen molar-refractivity contribution < 1.29 is 45.7 Å². The van der Waals surface area contributed by atoms with E-state index in [-0.39, 0.29) is 25.0 Å². The highest BCUT2D eigenvalue weighted by Gasteiger charge is 2.82. The molecule has 2 atom stereocenters. The average molecular weight is 545 g/mol. The van der Waals surface area contributed by atoms with Crippen molar-refractivity contribution >= 4 is 0 Å². The van der Waals surface area contributed by atoms with Crippen LogP contribution in [0.5, 0.6) is 5.75 Å². The molecule has 3 fully saturated rings. The van der Waals surface area contributed by atoms with Crippen LogP contribution >= 0.6 is 0 Å². The summed E-state index contributed by atoms with van der Waals surface area (Å²) in [5.41, 5.74) is -5.75. The Labute approximate surface area is 211 Å². The third-order valence-corrected chi connectivity index (χ3v) is 7.70. The Hall–Kier alpha value is -3.19. The largest absolute Gasteiger partial charge is 0.491 e. The molecule has 0 amide bonds. The first kappa shape index (κ1) is 26.4. The van der Waals surface area contributed by atoms with Crippen LogP contribution in [-0.2, 0) is 17.6 Å². The van der Waals surface area contributed by atoms with Gasteiger partial charge < -0.3 is 14.9 Å².